The Hall–Kier alpha value is -0.440. The molecule has 0 N–H and O–H groups in total. The highest BCUT2D eigenvalue weighted by atomic mass is 35.5. The van der Waals surface area contributed by atoms with Crippen molar-refractivity contribution < 1.29 is 4.79 Å². The molecule has 0 saturated carbocycles. The van der Waals surface area contributed by atoms with E-state index in [1.165, 1.54) is 11.8 Å². The molecule has 72 valence electrons. The quantitative estimate of drug-likeness (QED) is 0.751. The van der Waals surface area contributed by atoms with Crippen LogP contribution in [0.2, 0.25) is 10.0 Å². The van der Waals surface area contributed by atoms with Gasteiger partial charge in [-0.05, 0) is 29.3 Å². The van der Waals surface area contributed by atoms with Crippen LogP contribution in [0.15, 0.2) is 24.3 Å². The van der Waals surface area contributed by atoms with Crippen LogP contribution in [0.1, 0.15) is 5.56 Å². The molecule has 1 aliphatic rings. The van der Waals surface area contributed by atoms with E-state index in [0.717, 1.165) is 16.9 Å². The van der Waals surface area contributed by atoms with Gasteiger partial charge in [-0.15, -0.1) is 0 Å². The van der Waals surface area contributed by atoms with Crippen LogP contribution in [0.4, 0.5) is 0 Å². The summed E-state index contributed by atoms with van der Waals surface area (Å²) < 4.78 is 0. The van der Waals surface area contributed by atoms with E-state index < -0.39 is 0 Å². The third-order valence-corrected chi connectivity index (χ3v) is 3.55. The maximum absolute atomic E-state index is 11.0. The fourth-order valence-corrected chi connectivity index (χ4v) is 2.31. The Morgan fingerprint density at radius 2 is 2.00 bits per heavy atom. The molecule has 1 aromatic rings. The van der Waals surface area contributed by atoms with Crippen molar-refractivity contribution in [2.24, 2.45) is 0 Å². The minimum absolute atomic E-state index is 0.103. The summed E-state index contributed by atoms with van der Waals surface area (Å²) in [6.07, 6.45) is 1.64. The summed E-state index contributed by atoms with van der Waals surface area (Å²) in [7, 11) is 0. The predicted octanol–water partition coefficient (Wildman–Crippen LogP) is 3.65. The summed E-state index contributed by atoms with van der Waals surface area (Å²) in [6.45, 7) is 0. The summed E-state index contributed by atoms with van der Waals surface area (Å²) in [6, 6.07) is 5.40. The second-order valence-electron chi connectivity index (χ2n) is 2.91. The van der Waals surface area contributed by atoms with E-state index in [9.17, 15) is 4.79 Å². The number of rotatable bonds is 1. The molecule has 0 saturated heterocycles. The lowest BCUT2D eigenvalue weighted by molar-refractivity contribution is -0.106. The molecule has 0 bridgehead atoms. The van der Waals surface area contributed by atoms with Crippen LogP contribution >= 0.6 is 35.0 Å². The Bertz CT molecular complexity index is 426. The van der Waals surface area contributed by atoms with Crippen molar-refractivity contribution in [2.75, 3.05) is 5.75 Å². The molecule has 14 heavy (non-hydrogen) atoms. The Balaban J connectivity index is 2.38. The molecular formula is C10H6Cl2OS. The minimum atomic E-state index is 0.103. The highest BCUT2D eigenvalue weighted by molar-refractivity contribution is 8.14. The van der Waals surface area contributed by atoms with Gasteiger partial charge < -0.3 is 0 Å². The number of carbonyl (C=O) groups is 1. The van der Waals surface area contributed by atoms with E-state index in [-0.39, 0.29) is 5.12 Å². The summed E-state index contributed by atoms with van der Waals surface area (Å²) in [5.41, 5.74) is 1.98. The van der Waals surface area contributed by atoms with Crippen LogP contribution in [0.25, 0.3) is 5.57 Å². The molecule has 0 fully saturated rings. The number of hydrogen-bond donors (Lipinski definition) is 0. The van der Waals surface area contributed by atoms with Gasteiger partial charge in [0.2, 0.25) is 5.12 Å². The largest absolute Gasteiger partial charge is 0.282 e. The Morgan fingerprint density at radius 3 is 2.57 bits per heavy atom. The van der Waals surface area contributed by atoms with Gasteiger partial charge in [0.15, 0.2) is 0 Å². The van der Waals surface area contributed by atoms with Crippen molar-refractivity contribution in [3.8, 4) is 0 Å². The van der Waals surface area contributed by atoms with E-state index in [1.54, 1.807) is 18.2 Å². The number of benzene rings is 1. The molecule has 0 unspecified atom stereocenters. The van der Waals surface area contributed by atoms with E-state index in [0.29, 0.717) is 10.0 Å². The highest BCUT2D eigenvalue weighted by Gasteiger charge is 2.14. The zero-order chi connectivity index (χ0) is 10.1. The lowest BCUT2D eigenvalue weighted by atomic mass is 10.1. The van der Waals surface area contributed by atoms with Crippen LogP contribution in [0.5, 0.6) is 0 Å². The monoisotopic (exact) mass is 244 g/mol. The zero-order valence-corrected chi connectivity index (χ0v) is 9.42. The predicted molar refractivity (Wildman–Crippen MR) is 61.9 cm³/mol. The number of hydrogen-bond acceptors (Lipinski definition) is 2. The van der Waals surface area contributed by atoms with E-state index in [4.69, 9.17) is 23.2 Å². The van der Waals surface area contributed by atoms with Crippen LogP contribution < -0.4 is 0 Å². The molecule has 1 aromatic carbocycles. The van der Waals surface area contributed by atoms with Crippen molar-refractivity contribution in [3.05, 3.63) is 39.9 Å². The minimum Gasteiger partial charge on any atom is -0.282 e. The lowest BCUT2D eigenvalue weighted by Gasteiger charge is -2.02. The fourth-order valence-electron chi connectivity index (χ4n) is 1.24. The SMILES string of the molecule is O=C1C=C(c2ccc(Cl)c(Cl)c2)CS1. The van der Waals surface area contributed by atoms with Crippen molar-refractivity contribution in [1.82, 2.24) is 0 Å². The molecular weight excluding hydrogens is 239 g/mol. The third-order valence-electron chi connectivity index (χ3n) is 1.95. The highest BCUT2D eigenvalue weighted by Crippen LogP contribution is 2.31. The van der Waals surface area contributed by atoms with Gasteiger partial charge in [-0.1, -0.05) is 41.0 Å². The zero-order valence-electron chi connectivity index (χ0n) is 7.09. The second-order valence-corrected chi connectivity index (χ2v) is 4.70. The molecule has 1 heterocycles. The van der Waals surface area contributed by atoms with Crippen molar-refractivity contribution in [3.63, 3.8) is 0 Å². The van der Waals surface area contributed by atoms with E-state index in [2.05, 4.69) is 0 Å². The fraction of sp³-hybridized carbons (Fsp3) is 0.100. The first-order valence-corrected chi connectivity index (χ1v) is 5.74. The Morgan fingerprint density at radius 1 is 1.21 bits per heavy atom. The maximum Gasteiger partial charge on any atom is 0.212 e. The smallest absolute Gasteiger partial charge is 0.212 e. The molecule has 2 rings (SSSR count). The first-order chi connectivity index (χ1) is 6.66. The van der Waals surface area contributed by atoms with Gasteiger partial charge in [-0.3, -0.25) is 4.79 Å². The lowest BCUT2D eigenvalue weighted by Crippen LogP contribution is -1.83. The molecule has 0 amide bonds. The second kappa shape index (κ2) is 3.97. The Kier molecular flexibility index (Phi) is 2.86. The van der Waals surface area contributed by atoms with Crippen LogP contribution in [0.3, 0.4) is 0 Å². The van der Waals surface area contributed by atoms with Gasteiger partial charge in [0, 0.05) is 5.75 Å². The molecule has 4 heteroatoms. The summed E-state index contributed by atoms with van der Waals surface area (Å²) in [5.74, 6) is 0.719. The van der Waals surface area contributed by atoms with Gasteiger partial charge in [-0.2, -0.15) is 0 Å². The van der Waals surface area contributed by atoms with Crippen LogP contribution in [0, 0.1) is 0 Å². The molecule has 0 spiro atoms. The molecule has 0 atom stereocenters. The first-order valence-electron chi connectivity index (χ1n) is 3.99. The average Bonchev–Trinajstić information content (AvgIpc) is 2.57. The van der Waals surface area contributed by atoms with Gasteiger partial charge in [0.1, 0.15) is 0 Å². The molecule has 1 nitrogen and oxygen atoms in total. The average molecular weight is 245 g/mol. The van der Waals surface area contributed by atoms with E-state index >= 15 is 0 Å². The van der Waals surface area contributed by atoms with Crippen molar-refractivity contribution in [2.45, 2.75) is 0 Å². The normalized spacial score (nSPS) is 15.9. The molecule has 0 aromatic heterocycles. The van der Waals surface area contributed by atoms with Crippen molar-refractivity contribution in [1.29, 1.82) is 0 Å². The number of thioether (sulfide) groups is 1. The van der Waals surface area contributed by atoms with E-state index in [1.807, 2.05) is 6.07 Å². The molecule has 1 aliphatic heterocycles. The summed E-state index contributed by atoms with van der Waals surface area (Å²) in [4.78, 5) is 11.0. The number of carbonyl (C=O) groups excluding carboxylic acids is 1. The summed E-state index contributed by atoms with van der Waals surface area (Å²) in [5, 5.41) is 1.16. The topological polar surface area (TPSA) is 17.1 Å². The van der Waals surface area contributed by atoms with Gasteiger partial charge >= 0.3 is 0 Å². The van der Waals surface area contributed by atoms with Gasteiger partial charge in [0.05, 0.1) is 10.0 Å². The van der Waals surface area contributed by atoms with Crippen LogP contribution in [-0.4, -0.2) is 10.9 Å². The molecule has 0 aliphatic carbocycles. The van der Waals surface area contributed by atoms with Crippen LogP contribution in [-0.2, 0) is 4.79 Å². The first kappa shape index (κ1) is 10.1. The van der Waals surface area contributed by atoms with Gasteiger partial charge in [-0.25, -0.2) is 0 Å². The maximum atomic E-state index is 11.0. The molecule has 0 radical (unpaired) electrons. The summed E-state index contributed by atoms with van der Waals surface area (Å²) >= 11 is 13.0. The third kappa shape index (κ3) is 1.97. The standard InChI is InChI=1S/C10H6Cl2OS/c11-8-2-1-6(3-9(8)12)7-4-10(13)14-5-7/h1-4H,5H2. The van der Waals surface area contributed by atoms with Crippen molar-refractivity contribution >= 4 is 45.7 Å². The number of halogens is 2. The van der Waals surface area contributed by atoms with Gasteiger partial charge in [0.25, 0.3) is 0 Å². The Labute approximate surface area is 96.1 Å².